The van der Waals surface area contributed by atoms with Gasteiger partial charge in [0.1, 0.15) is 0 Å². The maximum atomic E-state index is 10.2. The summed E-state index contributed by atoms with van der Waals surface area (Å²) < 4.78 is 0. The molecule has 0 saturated carbocycles. The Morgan fingerprint density at radius 3 is 2.64 bits per heavy atom. The number of rotatable bonds is 4. The molecule has 1 aromatic rings. The average Bonchev–Trinajstić information content (AvgIpc) is 2.18. The summed E-state index contributed by atoms with van der Waals surface area (Å²) in [5.41, 5.74) is 6.88. The molecule has 1 unspecified atom stereocenters. The molecule has 4 N–H and O–H groups in total. The first kappa shape index (κ1) is 10.5. The fourth-order valence-corrected chi connectivity index (χ4v) is 1.20. The summed E-state index contributed by atoms with van der Waals surface area (Å²) >= 11 is 0. The normalized spacial score (nSPS) is 12.1. The highest BCUT2D eigenvalue weighted by atomic mass is 16.4. The summed E-state index contributed by atoms with van der Waals surface area (Å²) in [6, 6.07) is 9.52. The van der Waals surface area contributed by atoms with Crippen molar-refractivity contribution in [2.45, 2.75) is 12.5 Å². The molecule has 0 aromatic heterocycles. The number of amides is 1. The van der Waals surface area contributed by atoms with Crippen molar-refractivity contribution in [2.24, 2.45) is 5.73 Å². The standard InChI is InChI=1S/C10H14N2O2/c11-9(6-7-12-10(13)14)8-4-2-1-3-5-8/h1-5,9,12H,6-7,11H2,(H,13,14). The van der Waals surface area contributed by atoms with E-state index in [0.717, 1.165) is 5.56 Å². The number of nitrogens with two attached hydrogens (primary N) is 1. The van der Waals surface area contributed by atoms with Crippen LogP contribution in [0.25, 0.3) is 0 Å². The van der Waals surface area contributed by atoms with Crippen molar-refractivity contribution < 1.29 is 9.90 Å². The molecule has 1 atom stereocenters. The van der Waals surface area contributed by atoms with Crippen LogP contribution in [0.1, 0.15) is 18.0 Å². The van der Waals surface area contributed by atoms with Gasteiger partial charge in [-0.15, -0.1) is 0 Å². The van der Waals surface area contributed by atoms with Crippen LogP contribution in [0.3, 0.4) is 0 Å². The Labute approximate surface area is 82.7 Å². The van der Waals surface area contributed by atoms with Gasteiger partial charge in [0.25, 0.3) is 0 Å². The summed E-state index contributed by atoms with van der Waals surface area (Å²) in [5, 5.41) is 10.6. The lowest BCUT2D eigenvalue weighted by atomic mass is 10.1. The molecule has 0 heterocycles. The predicted octanol–water partition coefficient (Wildman–Crippen LogP) is 1.34. The summed E-state index contributed by atoms with van der Waals surface area (Å²) in [7, 11) is 0. The highest BCUT2D eigenvalue weighted by molar-refractivity contribution is 5.64. The predicted molar refractivity (Wildman–Crippen MR) is 54.0 cm³/mol. The van der Waals surface area contributed by atoms with Gasteiger partial charge in [0.2, 0.25) is 0 Å². The highest BCUT2D eigenvalue weighted by Gasteiger charge is 2.04. The number of hydrogen-bond donors (Lipinski definition) is 3. The first-order valence-electron chi connectivity index (χ1n) is 4.47. The van der Waals surface area contributed by atoms with Crippen LogP contribution in [0.5, 0.6) is 0 Å². The quantitative estimate of drug-likeness (QED) is 0.677. The Hall–Kier alpha value is -1.55. The maximum Gasteiger partial charge on any atom is 0.404 e. The van der Waals surface area contributed by atoms with Gasteiger partial charge in [0.15, 0.2) is 0 Å². The van der Waals surface area contributed by atoms with Crippen molar-refractivity contribution in [2.75, 3.05) is 6.54 Å². The van der Waals surface area contributed by atoms with E-state index in [1.165, 1.54) is 0 Å². The molecule has 0 aliphatic rings. The number of carbonyl (C=O) groups is 1. The van der Waals surface area contributed by atoms with E-state index in [9.17, 15) is 4.79 Å². The minimum absolute atomic E-state index is 0.108. The molecule has 14 heavy (non-hydrogen) atoms. The van der Waals surface area contributed by atoms with Crippen molar-refractivity contribution in [1.82, 2.24) is 5.32 Å². The maximum absolute atomic E-state index is 10.2. The van der Waals surface area contributed by atoms with Gasteiger partial charge in [-0.2, -0.15) is 0 Å². The summed E-state index contributed by atoms with van der Waals surface area (Å²) in [5.74, 6) is 0. The van der Waals surface area contributed by atoms with E-state index < -0.39 is 6.09 Å². The number of hydrogen-bond acceptors (Lipinski definition) is 2. The summed E-state index contributed by atoms with van der Waals surface area (Å²) in [4.78, 5) is 10.2. The van der Waals surface area contributed by atoms with Gasteiger partial charge in [-0.25, -0.2) is 4.79 Å². The third-order valence-electron chi connectivity index (χ3n) is 1.96. The van der Waals surface area contributed by atoms with E-state index in [2.05, 4.69) is 5.32 Å². The zero-order chi connectivity index (χ0) is 10.4. The van der Waals surface area contributed by atoms with Crippen molar-refractivity contribution in [3.05, 3.63) is 35.9 Å². The van der Waals surface area contributed by atoms with Crippen molar-refractivity contribution in [3.63, 3.8) is 0 Å². The molecule has 4 heteroatoms. The van der Waals surface area contributed by atoms with Gasteiger partial charge in [-0.3, -0.25) is 0 Å². The van der Waals surface area contributed by atoms with Crippen LogP contribution in [0.4, 0.5) is 4.79 Å². The second-order valence-corrected chi connectivity index (χ2v) is 3.04. The van der Waals surface area contributed by atoms with Crippen molar-refractivity contribution >= 4 is 6.09 Å². The summed E-state index contributed by atoms with van der Waals surface area (Å²) in [6.45, 7) is 0.380. The Balaban J connectivity index is 2.36. The lowest BCUT2D eigenvalue weighted by Gasteiger charge is -2.11. The Morgan fingerprint density at radius 1 is 1.43 bits per heavy atom. The average molecular weight is 194 g/mol. The van der Waals surface area contributed by atoms with E-state index >= 15 is 0 Å². The fourth-order valence-electron chi connectivity index (χ4n) is 1.20. The fraction of sp³-hybridized carbons (Fsp3) is 0.300. The minimum Gasteiger partial charge on any atom is -0.465 e. The topological polar surface area (TPSA) is 75.3 Å². The van der Waals surface area contributed by atoms with E-state index in [-0.39, 0.29) is 6.04 Å². The molecule has 1 aromatic carbocycles. The number of carboxylic acid groups (broad SMARTS) is 1. The molecule has 0 fully saturated rings. The van der Waals surface area contributed by atoms with Crippen LogP contribution in [-0.4, -0.2) is 17.7 Å². The van der Waals surface area contributed by atoms with Crippen LogP contribution in [0.2, 0.25) is 0 Å². The van der Waals surface area contributed by atoms with E-state index in [0.29, 0.717) is 13.0 Å². The van der Waals surface area contributed by atoms with Gasteiger partial charge in [-0.1, -0.05) is 30.3 Å². The van der Waals surface area contributed by atoms with E-state index in [4.69, 9.17) is 10.8 Å². The van der Waals surface area contributed by atoms with Crippen molar-refractivity contribution in [3.8, 4) is 0 Å². The van der Waals surface area contributed by atoms with Gasteiger partial charge >= 0.3 is 6.09 Å². The lowest BCUT2D eigenvalue weighted by molar-refractivity contribution is 0.194. The van der Waals surface area contributed by atoms with Crippen LogP contribution in [0.15, 0.2) is 30.3 Å². The molecular formula is C10H14N2O2. The third kappa shape index (κ3) is 3.45. The largest absolute Gasteiger partial charge is 0.465 e. The SMILES string of the molecule is NC(CCNC(=O)O)c1ccccc1. The second kappa shape index (κ2) is 5.24. The molecule has 76 valence electrons. The molecule has 0 aliphatic carbocycles. The number of benzene rings is 1. The summed E-state index contributed by atoms with van der Waals surface area (Å²) in [6.07, 6.45) is -0.402. The Morgan fingerprint density at radius 2 is 2.07 bits per heavy atom. The minimum atomic E-state index is -1.01. The zero-order valence-corrected chi connectivity index (χ0v) is 7.81. The first-order chi connectivity index (χ1) is 6.70. The number of nitrogens with one attached hydrogen (secondary N) is 1. The molecular weight excluding hydrogens is 180 g/mol. The second-order valence-electron chi connectivity index (χ2n) is 3.04. The molecule has 0 saturated heterocycles. The molecule has 0 aliphatic heterocycles. The van der Waals surface area contributed by atoms with Gasteiger partial charge in [-0.05, 0) is 12.0 Å². The molecule has 0 spiro atoms. The Kier molecular flexibility index (Phi) is 3.94. The smallest absolute Gasteiger partial charge is 0.404 e. The first-order valence-corrected chi connectivity index (χ1v) is 4.47. The molecule has 4 nitrogen and oxygen atoms in total. The lowest BCUT2D eigenvalue weighted by Crippen LogP contribution is -2.25. The van der Waals surface area contributed by atoms with Gasteiger partial charge in [0, 0.05) is 12.6 Å². The van der Waals surface area contributed by atoms with Gasteiger partial charge < -0.3 is 16.2 Å². The highest BCUT2D eigenvalue weighted by Crippen LogP contribution is 2.11. The van der Waals surface area contributed by atoms with E-state index in [1.54, 1.807) is 0 Å². The zero-order valence-electron chi connectivity index (χ0n) is 7.81. The Bertz CT molecular complexity index is 287. The van der Waals surface area contributed by atoms with Crippen LogP contribution in [-0.2, 0) is 0 Å². The van der Waals surface area contributed by atoms with Crippen molar-refractivity contribution in [1.29, 1.82) is 0 Å². The van der Waals surface area contributed by atoms with Gasteiger partial charge in [0.05, 0.1) is 0 Å². The molecule has 0 radical (unpaired) electrons. The molecule has 1 amide bonds. The van der Waals surface area contributed by atoms with Crippen LogP contribution < -0.4 is 11.1 Å². The van der Waals surface area contributed by atoms with E-state index in [1.807, 2.05) is 30.3 Å². The third-order valence-corrected chi connectivity index (χ3v) is 1.96. The monoisotopic (exact) mass is 194 g/mol. The molecule has 1 rings (SSSR count). The van der Waals surface area contributed by atoms with Crippen LogP contribution in [0, 0.1) is 0 Å². The molecule has 0 bridgehead atoms. The van der Waals surface area contributed by atoms with Crippen LogP contribution >= 0.6 is 0 Å².